The third kappa shape index (κ3) is 3.26. The van der Waals surface area contributed by atoms with Gasteiger partial charge in [0.1, 0.15) is 6.61 Å². The van der Waals surface area contributed by atoms with Crippen molar-refractivity contribution in [3.05, 3.63) is 89.2 Å². The zero-order chi connectivity index (χ0) is 20.5. The van der Waals surface area contributed by atoms with Gasteiger partial charge in [0, 0.05) is 24.9 Å². The minimum atomic E-state index is -0.168. The quantitative estimate of drug-likeness (QED) is 0.471. The molecule has 0 atom stereocenters. The zero-order valence-electron chi connectivity index (χ0n) is 16.3. The molecule has 2 N–H and O–H groups in total. The first-order chi connectivity index (χ1) is 14.7. The summed E-state index contributed by atoms with van der Waals surface area (Å²) in [6.07, 6.45) is 5.09. The zero-order valence-corrected chi connectivity index (χ0v) is 16.3. The third-order valence-corrected chi connectivity index (χ3v) is 5.09. The Kier molecular flexibility index (Phi) is 4.40. The number of H-pyrrole nitrogens is 2. The van der Waals surface area contributed by atoms with Gasteiger partial charge in [-0.1, -0.05) is 36.4 Å². The number of aryl methyl sites for hydroxylation is 1. The number of aromatic nitrogens is 5. The van der Waals surface area contributed by atoms with Crippen LogP contribution in [0.5, 0.6) is 5.88 Å². The first-order valence-corrected chi connectivity index (χ1v) is 9.54. The monoisotopic (exact) mass is 397 g/mol. The molecule has 7 heteroatoms. The van der Waals surface area contributed by atoms with E-state index in [1.807, 2.05) is 42.2 Å². The van der Waals surface area contributed by atoms with E-state index in [4.69, 9.17) is 4.74 Å². The van der Waals surface area contributed by atoms with Crippen LogP contribution >= 0.6 is 0 Å². The van der Waals surface area contributed by atoms with E-state index < -0.39 is 0 Å². The lowest BCUT2D eigenvalue weighted by Gasteiger charge is -2.08. The van der Waals surface area contributed by atoms with Crippen LogP contribution in [0, 0.1) is 0 Å². The lowest BCUT2D eigenvalue weighted by molar-refractivity contribution is 0.294. The number of imidazole rings is 1. The number of fused-ring (bicyclic) bond motifs is 1. The van der Waals surface area contributed by atoms with Crippen molar-refractivity contribution in [2.45, 2.75) is 6.61 Å². The van der Waals surface area contributed by atoms with Crippen LogP contribution in [0.2, 0.25) is 0 Å². The second kappa shape index (κ2) is 7.36. The highest BCUT2D eigenvalue weighted by Gasteiger charge is 2.11. The van der Waals surface area contributed by atoms with E-state index in [-0.39, 0.29) is 5.56 Å². The molecule has 0 bridgehead atoms. The lowest BCUT2D eigenvalue weighted by atomic mass is 10.0. The van der Waals surface area contributed by atoms with Gasteiger partial charge in [-0.3, -0.25) is 4.79 Å². The van der Waals surface area contributed by atoms with E-state index in [1.54, 1.807) is 12.4 Å². The molecule has 148 valence electrons. The molecule has 0 saturated carbocycles. The molecule has 0 spiro atoms. The van der Waals surface area contributed by atoms with Gasteiger partial charge in [-0.05, 0) is 28.8 Å². The number of nitrogens with zero attached hydrogens (tertiary/aromatic N) is 3. The van der Waals surface area contributed by atoms with Crippen molar-refractivity contribution >= 4 is 11.0 Å². The van der Waals surface area contributed by atoms with Crippen LogP contribution in [0.15, 0.2) is 78.1 Å². The Labute approximate surface area is 172 Å². The summed E-state index contributed by atoms with van der Waals surface area (Å²) in [4.78, 5) is 18.7. The SMILES string of the molecule is Cn1cnc2c(-c3ccc(COc4[nH]ncc4-c4cc[nH]c(=O)c4)cc3)cccc21. The van der Waals surface area contributed by atoms with E-state index in [2.05, 4.69) is 44.4 Å². The normalized spacial score (nSPS) is 11.1. The van der Waals surface area contributed by atoms with Gasteiger partial charge < -0.3 is 14.3 Å². The highest BCUT2D eigenvalue weighted by molar-refractivity contribution is 5.92. The Morgan fingerprint density at radius 3 is 2.73 bits per heavy atom. The predicted octanol–water partition coefficient (Wildman–Crippen LogP) is 3.90. The van der Waals surface area contributed by atoms with Gasteiger partial charge >= 0.3 is 0 Å². The van der Waals surface area contributed by atoms with Gasteiger partial charge in [0.2, 0.25) is 11.4 Å². The summed E-state index contributed by atoms with van der Waals surface area (Å²) in [5, 5.41) is 6.91. The van der Waals surface area contributed by atoms with Crippen LogP contribution in [0.1, 0.15) is 5.56 Å². The number of rotatable bonds is 5. The standard InChI is InChI=1S/C23H19N5O2/c1-28-14-25-22-18(3-2-4-20(22)28)16-7-5-15(6-8-16)13-30-23-19(12-26-27-23)17-9-10-24-21(29)11-17/h2-12,14H,13H2,1H3,(H,24,29)(H,26,27). The lowest BCUT2D eigenvalue weighted by Crippen LogP contribution is -2.02. The van der Waals surface area contributed by atoms with E-state index in [0.717, 1.165) is 38.9 Å². The van der Waals surface area contributed by atoms with Crippen LogP contribution in [-0.4, -0.2) is 24.7 Å². The van der Waals surface area contributed by atoms with Crippen molar-refractivity contribution in [3.63, 3.8) is 0 Å². The minimum absolute atomic E-state index is 0.168. The highest BCUT2D eigenvalue weighted by Crippen LogP contribution is 2.29. The molecule has 30 heavy (non-hydrogen) atoms. The van der Waals surface area contributed by atoms with Crippen LogP contribution in [0.3, 0.4) is 0 Å². The third-order valence-electron chi connectivity index (χ3n) is 5.09. The molecule has 0 radical (unpaired) electrons. The number of ether oxygens (including phenoxy) is 1. The van der Waals surface area contributed by atoms with Crippen molar-refractivity contribution in [3.8, 4) is 28.1 Å². The van der Waals surface area contributed by atoms with Gasteiger partial charge in [-0.2, -0.15) is 5.10 Å². The average molecular weight is 397 g/mol. The largest absolute Gasteiger partial charge is 0.473 e. The highest BCUT2D eigenvalue weighted by atomic mass is 16.5. The number of benzene rings is 2. The molecule has 0 amide bonds. The fraction of sp³-hybridized carbons (Fsp3) is 0.0870. The molecule has 0 unspecified atom stereocenters. The number of aromatic amines is 2. The van der Waals surface area contributed by atoms with Gasteiger partial charge in [0.25, 0.3) is 0 Å². The molecule has 2 aromatic carbocycles. The molecule has 0 saturated heterocycles. The van der Waals surface area contributed by atoms with E-state index in [1.165, 1.54) is 6.07 Å². The summed E-state index contributed by atoms with van der Waals surface area (Å²) in [6, 6.07) is 17.8. The van der Waals surface area contributed by atoms with Crippen LogP contribution in [-0.2, 0) is 13.7 Å². The number of nitrogens with one attached hydrogen (secondary N) is 2. The smallest absolute Gasteiger partial charge is 0.248 e. The summed E-state index contributed by atoms with van der Waals surface area (Å²) in [5.41, 5.74) is 6.66. The summed E-state index contributed by atoms with van der Waals surface area (Å²) >= 11 is 0. The number of pyridine rings is 1. The van der Waals surface area contributed by atoms with E-state index in [0.29, 0.717) is 12.5 Å². The van der Waals surface area contributed by atoms with Gasteiger partial charge in [0.05, 0.1) is 29.1 Å². The maximum Gasteiger partial charge on any atom is 0.248 e. The molecule has 3 aromatic heterocycles. The van der Waals surface area contributed by atoms with Crippen LogP contribution in [0.25, 0.3) is 33.3 Å². The molecular weight excluding hydrogens is 378 g/mol. The molecule has 5 rings (SSSR count). The maximum atomic E-state index is 11.6. The second-order valence-electron chi connectivity index (χ2n) is 7.07. The second-order valence-corrected chi connectivity index (χ2v) is 7.07. The summed E-state index contributed by atoms with van der Waals surface area (Å²) < 4.78 is 7.95. The molecular formula is C23H19N5O2. The molecule has 0 aliphatic carbocycles. The van der Waals surface area contributed by atoms with E-state index >= 15 is 0 Å². The summed E-state index contributed by atoms with van der Waals surface area (Å²) in [5.74, 6) is 0.530. The average Bonchev–Trinajstić information content (AvgIpc) is 3.39. The fourth-order valence-electron chi connectivity index (χ4n) is 3.53. The number of hydrogen-bond acceptors (Lipinski definition) is 4. The fourth-order valence-corrected chi connectivity index (χ4v) is 3.53. The van der Waals surface area contributed by atoms with Crippen molar-refractivity contribution in [1.82, 2.24) is 24.7 Å². The molecule has 0 fully saturated rings. The summed E-state index contributed by atoms with van der Waals surface area (Å²) in [7, 11) is 1.99. The molecule has 7 nitrogen and oxygen atoms in total. The van der Waals surface area contributed by atoms with Crippen molar-refractivity contribution in [2.75, 3.05) is 0 Å². The first-order valence-electron chi connectivity index (χ1n) is 9.54. The number of para-hydroxylation sites is 1. The van der Waals surface area contributed by atoms with E-state index in [9.17, 15) is 4.79 Å². The molecule has 0 aliphatic rings. The Hall–Kier alpha value is -4.13. The van der Waals surface area contributed by atoms with Crippen molar-refractivity contribution in [1.29, 1.82) is 0 Å². The minimum Gasteiger partial charge on any atom is -0.473 e. The topological polar surface area (TPSA) is 88.6 Å². The maximum absolute atomic E-state index is 11.6. The molecule has 3 heterocycles. The molecule has 0 aliphatic heterocycles. The summed E-state index contributed by atoms with van der Waals surface area (Å²) in [6.45, 7) is 0.381. The van der Waals surface area contributed by atoms with Crippen molar-refractivity contribution in [2.24, 2.45) is 7.05 Å². The predicted molar refractivity (Wildman–Crippen MR) is 115 cm³/mol. The van der Waals surface area contributed by atoms with Crippen molar-refractivity contribution < 1.29 is 4.74 Å². The van der Waals surface area contributed by atoms with Gasteiger partial charge in [-0.25, -0.2) is 10.1 Å². The van der Waals surface area contributed by atoms with Gasteiger partial charge in [0.15, 0.2) is 0 Å². The van der Waals surface area contributed by atoms with Gasteiger partial charge in [-0.15, -0.1) is 0 Å². The molecule has 5 aromatic rings. The Bertz CT molecular complexity index is 1380. The Morgan fingerprint density at radius 1 is 1.03 bits per heavy atom. The Morgan fingerprint density at radius 2 is 1.90 bits per heavy atom. The van der Waals surface area contributed by atoms with Crippen LogP contribution < -0.4 is 10.3 Å². The van der Waals surface area contributed by atoms with Crippen LogP contribution in [0.4, 0.5) is 0 Å². The number of hydrogen-bond donors (Lipinski definition) is 2. The first kappa shape index (κ1) is 17.9. The Balaban J connectivity index is 1.35.